The van der Waals surface area contributed by atoms with Crippen molar-refractivity contribution in [2.45, 2.75) is 32.7 Å². The lowest BCUT2D eigenvalue weighted by Gasteiger charge is -2.17. The molecule has 0 saturated heterocycles. The van der Waals surface area contributed by atoms with E-state index in [1.165, 1.54) is 0 Å². The number of hydrogen-bond acceptors (Lipinski definition) is 4. The van der Waals surface area contributed by atoms with Crippen molar-refractivity contribution in [2.24, 2.45) is 0 Å². The van der Waals surface area contributed by atoms with Crippen molar-refractivity contribution in [3.05, 3.63) is 114 Å². The number of rotatable bonds is 10. The largest absolute Gasteiger partial charge is 0.445 e. The predicted molar refractivity (Wildman–Crippen MR) is 132 cm³/mol. The van der Waals surface area contributed by atoms with E-state index in [0.717, 1.165) is 28.2 Å². The van der Waals surface area contributed by atoms with Gasteiger partial charge in [0.2, 0.25) is 0 Å². The van der Waals surface area contributed by atoms with Crippen molar-refractivity contribution >= 4 is 6.09 Å². The molecule has 34 heavy (non-hydrogen) atoms. The number of alkyl carbamates (subject to hydrolysis) is 1. The zero-order chi connectivity index (χ0) is 23.6. The molecule has 0 bridgehead atoms. The number of imidazole rings is 1. The monoisotopic (exact) mass is 455 g/mol. The highest BCUT2D eigenvalue weighted by molar-refractivity contribution is 5.68. The van der Waals surface area contributed by atoms with Crippen LogP contribution >= 0.6 is 0 Å². The molecular formula is C28H29N3O3. The minimum atomic E-state index is -0.481. The topological polar surface area (TPSA) is 65.4 Å². The maximum atomic E-state index is 12.7. The summed E-state index contributed by atoms with van der Waals surface area (Å²) < 4.78 is 13.1. The number of nitrogens with one attached hydrogen (secondary N) is 1. The second-order valence-corrected chi connectivity index (χ2v) is 7.90. The fraction of sp³-hybridized carbons (Fsp3) is 0.214. The maximum absolute atomic E-state index is 12.7. The molecule has 6 nitrogen and oxygen atoms in total. The van der Waals surface area contributed by atoms with Gasteiger partial charge in [-0.05, 0) is 24.5 Å². The van der Waals surface area contributed by atoms with Crippen molar-refractivity contribution < 1.29 is 14.3 Å². The summed E-state index contributed by atoms with van der Waals surface area (Å²) >= 11 is 0. The minimum Gasteiger partial charge on any atom is -0.445 e. The van der Waals surface area contributed by atoms with Crippen LogP contribution in [-0.2, 0) is 29.2 Å². The fourth-order valence-corrected chi connectivity index (χ4v) is 3.70. The number of carbonyl (C=O) groups is 1. The number of hydrogen-bond donors (Lipinski definition) is 1. The first-order valence-electron chi connectivity index (χ1n) is 11.4. The Morgan fingerprint density at radius 3 is 2.18 bits per heavy atom. The van der Waals surface area contributed by atoms with Gasteiger partial charge in [0.15, 0.2) is 0 Å². The van der Waals surface area contributed by atoms with Crippen LogP contribution in [0.5, 0.6) is 0 Å². The van der Waals surface area contributed by atoms with Crippen molar-refractivity contribution in [3.8, 4) is 11.4 Å². The van der Waals surface area contributed by atoms with Gasteiger partial charge in [-0.2, -0.15) is 0 Å². The van der Waals surface area contributed by atoms with Crippen LogP contribution in [0.4, 0.5) is 4.79 Å². The lowest BCUT2D eigenvalue weighted by atomic mass is 10.0. The molecule has 4 aromatic rings. The molecule has 4 rings (SSSR count). The third kappa shape index (κ3) is 6.33. The van der Waals surface area contributed by atoms with Gasteiger partial charge in [0.05, 0.1) is 11.7 Å². The Kier molecular flexibility index (Phi) is 8.08. The SMILES string of the molecule is CCOCn1cc([C@H](Cc2ccccc2)NC(=O)OCc2ccccc2)nc1-c1ccccc1. The van der Waals surface area contributed by atoms with E-state index in [1.807, 2.05) is 109 Å². The minimum absolute atomic E-state index is 0.207. The quantitative estimate of drug-likeness (QED) is 0.330. The molecule has 0 aliphatic rings. The second kappa shape index (κ2) is 11.8. The molecule has 0 aliphatic heterocycles. The van der Waals surface area contributed by atoms with Crippen molar-refractivity contribution in [3.63, 3.8) is 0 Å². The fourth-order valence-electron chi connectivity index (χ4n) is 3.70. The van der Waals surface area contributed by atoms with Crippen molar-refractivity contribution in [2.75, 3.05) is 6.61 Å². The van der Waals surface area contributed by atoms with Gasteiger partial charge in [-0.1, -0.05) is 91.0 Å². The molecule has 1 N–H and O–H groups in total. The van der Waals surface area contributed by atoms with Crippen LogP contribution in [0.15, 0.2) is 97.2 Å². The second-order valence-electron chi connectivity index (χ2n) is 7.90. The molecule has 1 aromatic heterocycles. The summed E-state index contributed by atoms with van der Waals surface area (Å²) in [6.45, 7) is 3.14. The van der Waals surface area contributed by atoms with Crippen LogP contribution < -0.4 is 5.32 Å². The molecule has 0 radical (unpaired) electrons. The van der Waals surface area contributed by atoms with Crippen LogP contribution in [0.2, 0.25) is 0 Å². The van der Waals surface area contributed by atoms with E-state index in [0.29, 0.717) is 19.8 Å². The van der Waals surface area contributed by atoms with E-state index in [2.05, 4.69) is 5.32 Å². The molecule has 3 aromatic carbocycles. The van der Waals surface area contributed by atoms with Crippen molar-refractivity contribution in [1.29, 1.82) is 0 Å². The Morgan fingerprint density at radius 2 is 1.53 bits per heavy atom. The molecule has 174 valence electrons. The first-order chi connectivity index (χ1) is 16.7. The summed E-state index contributed by atoms with van der Waals surface area (Å²) in [4.78, 5) is 17.6. The molecule has 0 aliphatic carbocycles. The lowest BCUT2D eigenvalue weighted by Crippen LogP contribution is -2.30. The van der Waals surface area contributed by atoms with Gasteiger partial charge < -0.3 is 19.4 Å². The average molecular weight is 456 g/mol. The molecular weight excluding hydrogens is 426 g/mol. The normalized spacial score (nSPS) is 11.7. The van der Waals surface area contributed by atoms with E-state index < -0.39 is 6.09 Å². The van der Waals surface area contributed by atoms with Crippen molar-refractivity contribution in [1.82, 2.24) is 14.9 Å². The standard InChI is InChI=1S/C28H29N3O3/c1-2-33-21-31-19-26(29-27(31)24-16-10-5-11-17-24)25(18-22-12-6-3-7-13-22)30-28(32)34-20-23-14-8-4-9-15-23/h3-17,19,25H,2,18,20-21H2,1H3,(H,30,32)/t25-/m0/s1. The van der Waals surface area contributed by atoms with Gasteiger partial charge in [-0.3, -0.25) is 0 Å². The number of benzene rings is 3. The number of aromatic nitrogens is 2. The molecule has 0 spiro atoms. The zero-order valence-corrected chi connectivity index (χ0v) is 19.3. The third-order valence-electron chi connectivity index (χ3n) is 5.41. The number of amides is 1. The van der Waals surface area contributed by atoms with E-state index in [1.54, 1.807) is 0 Å². The smallest absolute Gasteiger partial charge is 0.408 e. The molecule has 6 heteroatoms. The third-order valence-corrected chi connectivity index (χ3v) is 5.41. The highest BCUT2D eigenvalue weighted by Crippen LogP contribution is 2.24. The van der Waals surface area contributed by atoms with E-state index in [4.69, 9.17) is 14.5 Å². The van der Waals surface area contributed by atoms with Crippen LogP contribution in [0, 0.1) is 0 Å². The van der Waals surface area contributed by atoms with Crippen LogP contribution in [-0.4, -0.2) is 22.3 Å². The molecule has 1 amide bonds. The summed E-state index contributed by atoms with van der Waals surface area (Å²) in [5.41, 5.74) is 3.76. The molecule has 0 fully saturated rings. The summed E-state index contributed by atoms with van der Waals surface area (Å²) in [5.74, 6) is 0.793. The van der Waals surface area contributed by atoms with Crippen LogP contribution in [0.1, 0.15) is 29.8 Å². The number of nitrogens with zero attached hydrogens (tertiary/aromatic N) is 2. The summed E-state index contributed by atoms with van der Waals surface area (Å²) in [6.07, 6.45) is 2.05. The van der Waals surface area contributed by atoms with Crippen LogP contribution in [0.25, 0.3) is 11.4 Å². The maximum Gasteiger partial charge on any atom is 0.408 e. The summed E-state index contributed by atoms with van der Waals surface area (Å²) in [6, 6.07) is 29.3. The predicted octanol–water partition coefficient (Wildman–Crippen LogP) is 5.75. The van der Waals surface area contributed by atoms with E-state index >= 15 is 0 Å². The molecule has 0 saturated carbocycles. The Hall–Kier alpha value is -3.90. The average Bonchev–Trinajstić information content (AvgIpc) is 3.32. The lowest BCUT2D eigenvalue weighted by molar-refractivity contribution is 0.0888. The Labute approximate surface area is 200 Å². The first kappa shape index (κ1) is 23.3. The van der Waals surface area contributed by atoms with E-state index in [-0.39, 0.29) is 12.6 Å². The highest BCUT2D eigenvalue weighted by Gasteiger charge is 2.21. The van der Waals surface area contributed by atoms with Gasteiger partial charge >= 0.3 is 6.09 Å². The molecule has 1 atom stereocenters. The Morgan fingerprint density at radius 1 is 0.912 bits per heavy atom. The molecule has 0 unspecified atom stereocenters. The van der Waals surface area contributed by atoms with Gasteiger partial charge in [-0.15, -0.1) is 0 Å². The Bertz CT molecular complexity index is 1160. The van der Waals surface area contributed by atoms with Crippen LogP contribution in [0.3, 0.4) is 0 Å². The zero-order valence-electron chi connectivity index (χ0n) is 19.3. The Balaban J connectivity index is 1.58. The highest BCUT2D eigenvalue weighted by atomic mass is 16.5. The van der Waals surface area contributed by atoms with Gasteiger partial charge in [0.25, 0.3) is 0 Å². The van der Waals surface area contributed by atoms with Gasteiger partial charge in [-0.25, -0.2) is 9.78 Å². The van der Waals surface area contributed by atoms with E-state index in [9.17, 15) is 4.79 Å². The number of carbonyl (C=O) groups excluding carboxylic acids is 1. The van der Waals surface area contributed by atoms with Gasteiger partial charge in [0, 0.05) is 18.4 Å². The molecule has 1 heterocycles. The first-order valence-corrected chi connectivity index (χ1v) is 11.4. The summed E-state index contributed by atoms with van der Waals surface area (Å²) in [7, 11) is 0. The number of ether oxygens (including phenoxy) is 2. The summed E-state index contributed by atoms with van der Waals surface area (Å²) in [5, 5.41) is 3.02. The van der Waals surface area contributed by atoms with Gasteiger partial charge in [0.1, 0.15) is 19.2 Å².